The van der Waals surface area contributed by atoms with E-state index in [1.165, 1.54) is 6.07 Å². The maximum absolute atomic E-state index is 13.3. The van der Waals surface area contributed by atoms with E-state index in [2.05, 4.69) is 10.6 Å². The molecule has 1 aliphatic heterocycles. The molecule has 0 aromatic heterocycles. The summed E-state index contributed by atoms with van der Waals surface area (Å²) in [6.07, 6.45) is 0. The topological polar surface area (TPSA) is 78.5 Å². The summed E-state index contributed by atoms with van der Waals surface area (Å²) < 4.78 is 13.3. The molecule has 1 saturated heterocycles. The summed E-state index contributed by atoms with van der Waals surface area (Å²) in [4.78, 5) is 38.1. The minimum absolute atomic E-state index is 0.180. The number of halogens is 1. The number of aryl methyl sites for hydroxylation is 1. The molecule has 0 unspecified atom stereocenters. The van der Waals surface area contributed by atoms with Gasteiger partial charge in [-0.1, -0.05) is 42.5 Å². The molecule has 1 heterocycles. The third kappa shape index (κ3) is 3.67. The van der Waals surface area contributed by atoms with Gasteiger partial charge in [-0.05, 0) is 36.6 Å². The number of rotatable bonds is 5. The average molecular weight is 369 g/mol. The van der Waals surface area contributed by atoms with Gasteiger partial charge in [0.15, 0.2) is 0 Å². The molecular weight excluding hydrogens is 349 g/mol. The monoisotopic (exact) mass is 369 g/mol. The molecule has 2 aromatic rings. The lowest BCUT2D eigenvalue weighted by Crippen LogP contribution is -2.43. The molecule has 6 nitrogen and oxygen atoms in total. The highest BCUT2D eigenvalue weighted by atomic mass is 19.1. The van der Waals surface area contributed by atoms with Crippen LogP contribution in [-0.4, -0.2) is 29.3 Å². The molecule has 0 spiro atoms. The Balaban J connectivity index is 1.64. The van der Waals surface area contributed by atoms with Crippen LogP contribution in [0.5, 0.6) is 0 Å². The standard InChI is InChI=1S/C20H20FN3O3/c1-13-10-14(8-9-16(13)21)11-22-17(25)12-24-18(26)20(2,23-19(24)27)15-6-4-3-5-7-15/h3-10H,11-12H2,1-2H3,(H,22,25)(H,23,27)/t20-/m1/s1. The quantitative estimate of drug-likeness (QED) is 0.794. The highest BCUT2D eigenvalue weighted by molar-refractivity contribution is 6.09. The van der Waals surface area contributed by atoms with E-state index in [9.17, 15) is 18.8 Å². The van der Waals surface area contributed by atoms with E-state index in [0.717, 1.165) is 10.5 Å². The highest BCUT2D eigenvalue weighted by Gasteiger charge is 2.49. The summed E-state index contributed by atoms with van der Waals surface area (Å²) in [5.74, 6) is -1.27. The zero-order valence-electron chi connectivity index (χ0n) is 15.1. The molecule has 2 N–H and O–H groups in total. The van der Waals surface area contributed by atoms with Crippen LogP contribution >= 0.6 is 0 Å². The van der Waals surface area contributed by atoms with E-state index < -0.39 is 23.4 Å². The number of hydrogen-bond acceptors (Lipinski definition) is 3. The number of hydrogen-bond donors (Lipinski definition) is 2. The Morgan fingerprint density at radius 3 is 2.56 bits per heavy atom. The summed E-state index contributed by atoms with van der Waals surface area (Å²) in [5.41, 5.74) is 0.656. The molecule has 27 heavy (non-hydrogen) atoms. The van der Waals surface area contributed by atoms with Crippen molar-refractivity contribution in [1.29, 1.82) is 0 Å². The van der Waals surface area contributed by atoms with E-state index in [1.54, 1.807) is 50.2 Å². The Morgan fingerprint density at radius 1 is 1.19 bits per heavy atom. The van der Waals surface area contributed by atoms with Crippen LogP contribution in [0.4, 0.5) is 9.18 Å². The SMILES string of the molecule is Cc1cc(CNC(=O)CN2C(=O)N[C@](C)(c3ccccc3)C2=O)ccc1F. The molecular formula is C20H20FN3O3. The average Bonchev–Trinajstić information content (AvgIpc) is 2.87. The third-order valence-corrected chi connectivity index (χ3v) is 4.64. The number of benzene rings is 2. The van der Waals surface area contributed by atoms with E-state index in [4.69, 9.17) is 0 Å². The molecule has 0 saturated carbocycles. The van der Waals surface area contributed by atoms with Crippen LogP contribution in [0.2, 0.25) is 0 Å². The zero-order chi connectivity index (χ0) is 19.6. The van der Waals surface area contributed by atoms with Gasteiger partial charge in [0.1, 0.15) is 17.9 Å². The number of urea groups is 1. The molecule has 7 heteroatoms. The number of nitrogens with one attached hydrogen (secondary N) is 2. The lowest BCUT2D eigenvalue weighted by atomic mass is 9.92. The summed E-state index contributed by atoms with van der Waals surface area (Å²) in [6.45, 7) is 3.05. The molecule has 1 fully saturated rings. The van der Waals surface area contributed by atoms with Crippen molar-refractivity contribution in [3.63, 3.8) is 0 Å². The first-order valence-corrected chi connectivity index (χ1v) is 8.52. The van der Waals surface area contributed by atoms with Gasteiger partial charge in [-0.15, -0.1) is 0 Å². The number of imide groups is 1. The fraction of sp³-hybridized carbons (Fsp3) is 0.250. The first-order valence-electron chi connectivity index (χ1n) is 8.52. The van der Waals surface area contributed by atoms with Crippen LogP contribution in [0.3, 0.4) is 0 Å². The Bertz CT molecular complexity index is 901. The van der Waals surface area contributed by atoms with Gasteiger partial charge in [-0.3, -0.25) is 14.5 Å². The second-order valence-corrected chi connectivity index (χ2v) is 6.67. The van der Waals surface area contributed by atoms with Gasteiger partial charge in [0.05, 0.1) is 0 Å². The van der Waals surface area contributed by atoms with E-state index >= 15 is 0 Å². The Labute approximate surface area is 156 Å². The van der Waals surface area contributed by atoms with Gasteiger partial charge in [-0.2, -0.15) is 0 Å². The van der Waals surface area contributed by atoms with Crippen molar-refractivity contribution in [2.24, 2.45) is 0 Å². The predicted octanol–water partition coefficient (Wildman–Crippen LogP) is 2.22. The lowest BCUT2D eigenvalue weighted by Gasteiger charge is -2.22. The molecule has 3 rings (SSSR count). The molecule has 1 aliphatic rings. The fourth-order valence-corrected chi connectivity index (χ4v) is 3.02. The minimum Gasteiger partial charge on any atom is -0.350 e. The maximum atomic E-state index is 13.3. The molecule has 0 bridgehead atoms. The van der Waals surface area contributed by atoms with Crippen LogP contribution in [0.25, 0.3) is 0 Å². The van der Waals surface area contributed by atoms with Crippen molar-refractivity contribution in [2.75, 3.05) is 6.54 Å². The number of carbonyl (C=O) groups is 3. The smallest absolute Gasteiger partial charge is 0.325 e. The number of nitrogens with zero attached hydrogens (tertiary/aromatic N) is 1. The molecule has 0 radical (unpaired) electrons. The fourth-order valence-electron chi connectivity index (χ4n) is 3.02. The zero-order valence-corrected chi connectivity index (χ0v) is 15.1. The molecule has 0 aliphatic carbocycles. The largest absolute Gasteiger partial charge is 0.350 e. The summed E-state index contributed by atoms with van der Waals surface area (Å²) in [7, 11) is 0. The maximum Gasteiger partial charge on any atom is 0.325 e. The summed E-state index contributed by atoms with van der Waals surface area (Å²) >= 11 is 0. The van der Waals surface area contributed by atoms with Crippen LogP contribution in [0.1, 0.15) is 23.6 Å². The predicted molar refractivity (Wildman–Crippen MR) is 97.0 cm³/mol. The van der Waals surface area contributed by atoms with Crippen LogP contribution in [0, 0.1) is 12.7 Å². The van der Waals surface area contributed by atoms with Gasteiger partial charge in [0.25, 0.3) is 5.91 Å². The molecule has 1 atom stereocenters. The molecule has 140 valence electrons. The van der Waals surface area contributed by atoms with Crippen LogP contribution < -0.4 is 10.6 Å². The lowest BCUT2D eigenvalue weighted by molar-refractivity contribution is -0.134. The third-order valence-electron chi connectivity index (χ3n) is 4.64. The number of amides is 4. The van der Waals surface area contributed by atoms with Crippen molar-refractivity contribution in [2.45, 2.75) is 25.9 Å². The second kappa shape index (κ2) is 7.19. The van der Waals surface area contributed by atoms with Gasteiger partial charge in [0, 0.05) is 6.54 Å². The van der Waals surface area contributed by atoms with Crippen LogP contribution in [-0.2, 0) is 21.7 Å². The highest BCUT2D eigenvalue weighted by Crippen LogP contribution is 2.28. The first-order chi connectivity index (χ1) is 12.8. The summed E-state index contributed by atoms with van der Waals surface area (Å²) in [6, 6.07) is 12.8. The Morgan fingerprint density at radius 2 is 1.89 bits per heavy atom. The van der Waals surface area contributed by atoms with E-state index in [1.807, 2.05) is 6.07 Å². The van der Waals surface area contributed by atoms with Crippen molar-refractivity contribution in [3.05, 3.63) is 71.0 Å². The summed E-state index contributed by atoms with van der Waals surface area (Å²) in [5, 5.41) is 5.30. The second-order valence-electron chi connectivity index (χ2n) is 6.67. The minimum atomic E-state index is -1.20. The first kappa shape index (κ1) is 18.6. The van der Waals surface area contributed by atoms with E-state index in [0.29, 0.717) is 11.1 Å². The Kier molecular flexibility index (Phi) is 4.94. The van der Waals surface area contributed by atoms with E-state index in [-0.39, 0.29) is 18.9 Å². The number of carbonyl (C=O) groups excluding carboxylic acids is 3. The molecule has 2 aromatic carbocycles. The molecule has 4 amide bonds. The van der Waals surface area contributed by atoms with Crippen molar-refractivity contribution < 1.29 is 18.8 Å². The van der Waals surface area contributed by atoms with Gasteiger partial charge >= 0.3 is 6.03 Å². The normalized spacial score (nSPS) is 19.1. The van der Waals surface area contributed by atoms with Gasteiger partial charge < -0.3 is 10.6 Å². The van der Waals surface area contributed by atoms with Crippen LogP contribution in [0.15, 0.2) is 48.5 Å². The Hall–Kier alpha value is -3.22. The van der Waals surface area contributed by atoms with Gasteiger partial charge in [-0.25, -0.2) is 9.18 Å². The van der Waals surface area contributed by atoms with Crippen molar-refractivity contribution in [3.8, 4) is 0 Å². The van der Waals surface area contributed by atoms with Gasteiger partial charge in [0.2, 0.25) is 5.91 Å². The van der Waals surface area contributed by atoms with Crippen molar-refractivity contribution in [1.82, 2.24) is 15.5 Å². The van der Waals surface area contributed by atoms with Crippen molar-refractivity contribution >= 4 is 17.8 Å².